The molecule has 0 bridgehead atoms. The second kappa shape index (κ2) is 7.22. The van der Waals surface area contributed by atoms with Crippen LogP contribution in [-0.2, 0) is 12.8 Å². The molecule has 0 aliphatic carbocycles. The van der Waals surface area contributed by atoms with Crippen molar-refractivity contribution >= 4 is 17.3 Å². The fraction of sp³-hybridized carbons (Fsp3) is 0.312. The van der Waals surface area contributed by atoms with Crippen molar-refractivity contribution in [2.45, 2.75) is 12.8 Å². The summed E-state index contributed by atoms with van der Waals surface area (Å²) in [7, 11) is 2.08. The van der Waals surface area contributed by atoms with Crippen LogP contribution in [0.4, 0.5) is 0 Å². The van der Waals surface area contributed by atoms with Gasteiger partial charge < -0.3 is 10.0 Å². The molecule has 2 rings (SSSR count). The van der Waals surface area contributed by atoms with E-state index in [2.05, 4.69) is 29.5 Å². The molecule has 1 heterocycles. The quantitative estimate of drug-likeness (QED) is 0.851. The normalized spacial score (nSPS) is 10.9. The molecule has 0 aliphatic heterocycles. The van der Waals surface area contributed by atoms with Crippen LogP contribution in [0.3, 0.4) is 0 Å². The van der Waals surface area contributed by atoms with Crippen LogP contribution in [0.2, 0.25) is 0 Å². The van der Waals surface area contributed by atoms with Gasteiger partial charge in [-0.1, -0.05) is 24.3 Å². The van der Waals surface area contributed by atoms with Crippen LogP contribution in [0.25, 0.3) is 0 Å². The molecule has 0 aliphatic rings. The Balaban J connectivity index is 1.84. The van der Waals surface area contributed by atoms with Crippen LogP contribution in [0.5, 0.6) is 0 Å². The molecule has 0 unspecified atom stereocenters. The lowest BCUT2D eigenvalue weighted by Crippen LogP contribution is -2.24. The number of likely N-dealkylation sites (N-methyl/N-ethyl adjacent to an activating group) is 1. The lowest BCUT2D eigenvalue weighted by molar-refractivity contribution is 0.0695. The van der Waals surface area contributed by atoms with Crippen LogP contribution in [0.1, 0.15) is 20.8 Å². The number of carboxylic acids is 1. The number of carbonyl (C=O) groups is 1. The second-order valence-electron chi connectivity index (χ2n) is 4.84. The van der Waals surface area contributed by atoms with Gasteiger partial charge in [0.2, 0.25) is 0 Å². The van der Waals surface area contributed by atoms with E-state index < -0.39 is 5.97 Å². The third-order valence-electron chi connectivity index (χ3n) is 3.33. The molecule has 0 fully saturated rings. The van der Waals surface area contributed by atoms with Gasteiger partial charge in [-0.15, -0.1) is 11.3 Å². The highest BCUT2D eigenvalue weighted by Gasteiger charge is 2.09. The van der Waals surface area contributed by atoms with Crippen LogP contribution in [0.15, 0.2) is 41.8 Å². The molecule has 4 heteroatoms. The minimum absolute atomic E-state index is 0.416. The number of nitrogens with zero attached hydrogens (tertiary/aromatic N) is 1. The average Bonchev–Trinajstić information content (AvgIpc) is 2.96. The summed E-state index contributed by atoms with van der Waals surface area (Å²) in [5.74, 6) is -0.846. The van der Waals surface area contributed by atoms with Crippen molar-refractivity contribution in [1.29, 1.82) is 0 Å². The monoisotopic (exact) mass is 289 g/mol. The molecule has 0 spiro atoms. The van der Waals surface area contributed by atoms with Gasteiger partial charge in [-0.05, 0) is 43.0 Å². The maximum atomic E-state index is 11.1. The second-order valence-corrected chi connectivity index (χ2v) is 5.88. The number of hydrogen-bond donors (Lipinski definition) is 1. The predicted molar refractivity (Wildman–Crippen MR) is 82.6 cm³/mol. The van der Waals surface area contributed by atoms with Crippen molar-refractivity contribution in [3.05, 3.63) is 57.8 Å². The highest BCUT2D eigenvalue weighted by molar-refractivity contribution is 7.09. The Morgan fingerprint density at radius 2 is 1.90 bits per heavy atom. The molecule has 0 radical (unpaired) electrons. The van der Waals surface area contributed by atoms with E-state index in [1.807, 2.05) is 12.1 Å². The molecule has 1 aromatic carbocycles. The third-order valence-corrected chi connectivity index (χ3v) is 4.27. The van der Waals surface area contributed by atoms with Crippen LogP contribution >= 0.6 is 11.3 Å². The molecule has 0 atom stereocenters. The van der Waals surface area contributed by atoms with Gasteiger partial charge in [0.25, 0.3) is 0 Å². The number of thiophene rings is 1. The SMILES string of the molecule is CN(CCc1cccs1)CCc1ccccc1C(=O)O. The summed E-state index contributed by atoms with van der Waals surface area (Å²) < 4.78 is 0. The van der Waals surface area contributed by atoms with Gasteiger partial charge >= 0.3 is 5.97 Å². The van der Waals surface area contributed by atoms with E-state index in [1.165, 1.54) is 4.88 Å². The third kappa shape index (κ3) is 4.18. The molecule has 0 saturated heterocycles. The number of rotatable bonds is 7. The van der Waals surface area contributed by atoms with Gasteiger partial charge in [-0.3, -0.25) is 0 Å². The minimum atomic E-state index is -0.846. The Hall–Kier alpha value is -1.65. The molecule has 0 amide bonds. The van der Waals surface area contributed by atoms with Crippen molar-refractivity contribution in [3.8, 4) is 0 Å². The molecular formula is C16H19NO2S. The highest BCUT2D eigenvalue weighted by Crippen LogP contribution is 2.11. The van der Waals surface area contributed by atoms with E-state index in [0.717, 1.165) is 31.5 Å². The molecular weight excluding hydrogens is 270 g/mol. The zero-order valence-corrected chi connectivity index (χ0v) is 12.4. The minimum Gasteiger partial charge on any atom is -0.478 e. The van der Waals surface area contributed by atoms with Crippen LogP contribution in [0, 0.1) is 0 Å². The summed E-state index contributed by atoms with van der Waals surface area (Å²) in [4.78, 5) is 14.8. The number of hydrogen-bond acceptors (Lipinski definition) is 3. The zero-order chi connectivity index (χ0) is 14.4. The Bertz CT molecular complexity index is 551. The largest absolute Gasteiger partial charge is 0.478 e. The van der Waals surface area contributed by atoms with E-state index >= 15 is 0 Å². The van der Waals surface area contributed by atoms with Crippen molar-refractivity contribution in [3.63, 3.8) is 0 Å². The Labute approximate surface area is 123 Å². The molecule has 2 aromatic rings. The Morgan fingerprint density at radius 3 is 2.60 bits per heavy atom. The number of aromatic carboxylic acids is 1. The summed E-state index contributed by atoms with van der Waals surface area (Å²) in [6.45, 7) is 1.87. The Morgan fingerprint density at radius 1 is 1.15 bits per heavy atom. The number of carboxylic acid groups (broad SMARTS) is 1. The fourth-order valence-electron chi connectivity index (χ4n) is 2.13. The molecule has 0 saturated carbocycles. The van der Waals surface area contributed by atoms with Crippen LogP contribution in [-0.4, -0.2) is 36.1 Å². The summed E-state index contributed by atoms with van der Waals surface area (Å²) in [6.07, 6.45) is 1.82. The van der Waals surface area contributed by atoms with Gasteiger partial charge in [-0.25, -0.2) is 4.79 Å². The van der Waals surface area contributed by atoms with E-state index in [1.54, 1.807) is 23.5 Å². The van der Waals surface area contributed by atoms with Crippen LogP contribution < -0.4 is 0 Å². The van der Waals surface area contributed by atoms with E-state index in [-0.39, 0.29) is 0 Å². The Kier molecular flexibility index (Phi) is 5.32. The summed E-state index contributed by atoms with van der Waals surface area (Å²) in [5, 5.41) is 11.2. The van der Waals surface area contributed by atoms with Gasteiger partial charge in [0, 0.05) is 18.0 Å². The van der Waals surface area contributed by atoms with Crippen molar-refractivity contribution in [1.82, 2.24) is 4.90 Å². The molecule has 1 aromatic heterocycles. The lowest BCUT2D eigenvalue weighted by atomic mass is 10.0. The summed E-state index contributed by atoms with van der Waals surface area (Å²) in [5.41, 5.74) is 1.32. The summed E-state index contributed by atoms with van der Waals surface area (Å²) >= 11 is 1.78. The first-order chi connectivity index (χ1) is 9.66. The van der Waals surface area contributed by atoms with Crippen molar-refractivity contribution in [2.75, 3.05) is 20.1 Å². The topological polar surface area (TPSA) is 40.5 Å². The van der Waals surface area contributed by atoms with Gasteiger partial charge in [0.1, 0.15) is 0 Å². The molecule has 106 valence electrons. The first-order valence-electron chi connectivity index (χ1n) is 6.69. The predicted octanol–water partition coefficient (Wildman–Crippen LogP) is 3.16. The average molecular weight is 289 g/mol. The van der Waals surface area contributed by atoms with Gasteiger partial charge in [0.05, 0.1) is 5.56 Å². The smallest absolute Gasteiger partial charge is 0.335 e. The van der Waals surface area contributed by atoms with E-state index in [9.17, 15) is 4.79 Å². The fourth-order valence-corrected chi connectivity index (χ4v) is 2.82. The molecule has 3 nitrogen and oxygen atoms in total. The first-order valence-corrected chi connectivity index (χ1v) is 7.57. The van der Waals surface area contributed by atoms with Crippen molar-refractivity contribution in [2.24, 2.45) is 0 Å². The molecule has 20 heavy (non-hydrogen) atoms. The summed E-state index contributed by atoms with van der Waals surface area (Å²) in [6, 6.07) is 11.5. The standard InChI is InChI=1S/C16H19NO2S/c1-17(11-9-14-6-4-12-20-14)10-8-13-5-2-3-7-15(13)16(18)19/h2-7,12H,8-11H2,1H3,(H,18,19). The first kappa shape index (κ1) is 14.8. The maximum Gasteiger partial charge on any atom is 0.335 e. The highest BCUT2D eigenvalue weighted by atomic mass is 32.1. The van der Waals surface area contributed by atoms with Gasteiger partial charge in [-0.2, -0.15) is 0 Å². The maximum absolute atomic E-state index is 11.1. The molecule has 1 N–H and O–H groups in total. The number of benzene rings is 1. The van der Waals surface area contributed by atoms with Crippen molar-refractivity contribution < 1.29 is 9.90 Å². The lowest BCUT2D eigenvalue weighted by Gasteiger charge is -2.16. The van der Waals surface area contributed by atoms with E-state index in [0.29, 0.717) is 5.56 Å². The zero-order valence-electron chi connectivity index (χ0n) is 11.6. The van der Waals surface area contributed by atoms with E-state index in [4.69, 9.17) is 5.11 Å². The van der Waals surface area contributed by atoms with Gasteiger partial charge in [0.15, 0.2) is 0 Å².